The first kappa shape index (κ1) is 15.7. The summed E-state index contributed by atoms with van der Waals surface area (Å²) in [5.74, 6) is -0.0101. The molecule has 0 unspecified atom stereocenters. The molecule has 2 fully saturated rings. The molecule has 1 amide bonds. The van der Waals surface area contributed by atoms with Crippen LogP contribution in [0.25, 0.3) is 0 Å². The van der Waals surface area contributed by atoms with E-state index in [4.69, 9.17) is 0 Å². The third kappa shape index (κ3) is 3.51. The monoisotopic (exact) mass is 303 g/mol. The van der Waals surface area contributed by atoms with Crippen molar-refractivity contribution in [2.45, 2.75) is 32.2 Å². The van der Waals surface area contributed by atoms with Crippen LogP contribution >= 0.6 is 0 Å². The topological polar surface area (TPSA) is 60.9 Å². The van der Waals surface area contributed by atoms with Crippen LogP contribution in [-0.2, 0) is 14.8 Å². The Balaban J connectivity index is 1.95. The number of piperazine rings is 1. The van der Waals surface area contributed by atoms with Crippen molar-refractivity contribution in [3.05, 3.63) is 0 Å². The van der Waals surface area contributed by atoms with Gasteiger partial charge in [-0.2, -0.15) is 4.31 Å². The first-order valence-corrected chi connectivity index (χ1v) is 9.26. The molecule has 116 valence electrons. The van der Waals surface area contributed by atoms with Gasteiger partial charge in [0.15, 0.2) is 0 Å². The minimum atomic E-state index is -3.28. The van der Waals surface area contributed by atoms with Gasteiger partial charge in [0.1, 0.15) is 6.04 Å². The Hall–Kier alpha value is -0.660. The molecule has 0 aromatic heterocycles. The van der Waals surface area contributed by atoms with Crippen LogP contribution in [0, 0.1) is 0 Å². The van der Waals surface area contributed by atoms with Crippen LogP contribution in [0.2, 0.25) is 0 Å². The zero-order valence-electron chi connectivity index (χ0n) is 12.4. The summed E-state index contributed by atoms with van der Waals surface area (Å²) in [6.45, 7) is 6.92. The van der Waals surface area contributed by atoms with E-state index in [-0.39, 0.29) is 5.91 Å². The van der Waals surface area contributed by atoms with Gasteiger partial charge in [0, 0.05) is 32.7 Å². The molecule has 0 N–H and O–H groups in total. The van der Waals surface area contributed by atoms with Gasteiger partial charge in [0.05, 0.1) is 6.26 Å². The van der Waals surface area contributed by atoms with Gasteiger partial charge in [-0.15, -0.1) is 0 Å². The average molecular weight is 303 g/mol. The van der Waals surface area contributed by atoms with Gasteiger partial charge in [-0.1, -0.05) is 6.92 Å². The number of sulfonamides is 1. The van der Waals surface area contributed by atoms with Crippen molar-refractivity contribution in [3.8, 4) is 0 Å². The van der Waals surface area contributed by atoms with E-state index in [0.29, 0.717) is 26.1 Å². The highest BCUT2D eigenvalue weighted by Crippen LogP contribution is 2.22. The molecule has 1 atom stereocenters. The predicted octanol–water partition coefficient (Wildman–Crippen LogP) is -0.0354. The van der Waals surface area contributed by atoms with Crippen LogP contribution in [0.5, 0.6) is 0 Å². The van der Waals surface area contributed by atoms with E-state index in [0.717, 1.165) is 32.5 Å². The molecule has 0 spiro atoms. The molecule has 2 aliphatic rings. The summed E-state index contributed by atoms with van der Waals surface area (Å²) in [5, 5.41) is 0. The Labute approximate surface area is 121 Å². The molecule has 2 saturated heterocycles. The highest BCUT2D eigenvalue weighted by Gasteiger charge is 2.39. The molecule has 0 bridgehead atoms. The van der Waals surface area contributed by atoms with Crippen molar-refractivity contribution in [1.29, 1.82) is 0 Å². The number of nitrogens with zero attached hydrogens (tertiary/aromatic N) is 3. The summed E-state index contributed by atoms with van der Waals surface area (Å²) >= 11 is 0. The lowest BCUT2D eigenvalue weighted by Gasteiger charge is -2.36. The van der Waals surface area contributed by atoms with Gasteiger partial charge < -0.3 is 4.90 Å². The van der Waals surface area contributed by atoms with E-state index >= 15 is 0 Å². The second-order valence-electron chi connectivity index (χ2n) is 5.70. The molecule has 2 heterocycles. The highest BCUT2D eigenvalue weighted by atomic mass is 32.2. The minimum Gasteiger partial charge on any atom is -0.339 e. The summed E-state index contributed by atoms with van der Waals surface area (Å²) in [7, 11) is -3.28. The smallest absolute Gasteiger partial charge is 0.241 e. The van der Waals surface area contributed by atoms with Crippen LogP contribution in [0.4, 0.5) is 0 Å². The lowest BCUT2D eigenvalue weighted by atomic mass is 10.2. The zero-order valence-corrected chi connectivity index (χ0v) is 13.2. The molecule has 20 heavy (non-hydrogen) atoms. The first-order valence-electron chi connectivity index (χ1n) is 7.41. The maximum absolute atomic E-state index is 12.5. The average Bonchev–Trinajstić information content (AvgIpc) is 2.88. The van der Waals surface area contributed by atoms with E-state index in [1.165, 1.54) is 10.6 Å². The fourth-order valence-electron chi connectivity index (χ4n) is 3.10. The third-order valence-electron chi connectivity index (χ3n) is 4.14. The molecular formula is C13H25N3O3S. The van der Waals surface area contributed by atoms with Crippen LogP contribution in [0.3, 0.4) is 0 Å². The lowest BCUT2D eigenvalue weighted by molar-refractivity contribution is -0.136. The van der Waals surface area contributed by atoms with Gasteiger partial charge in [-0.3, -0.25) is 9.69 Å². The van der Waals surface area contributed by atoms with Gasteiger partial charge in [0.25, 0.3) is 0 Å². The minimum absolute atomic E-state index is 0.0101. The van der Waals surface area contributed by atoms with Gasteiger partial charge in [0.2, 0.25) is 15.9 Å². The van der Waals surface area contributed by atoms with Crippen molar-refractivity contribution in [3.63, 3.8) is 0 Å². The molecule has 0 radical (unpaired) electrons. The molecule has 6 nitrogen and oxygen atoms in total. The SMILES string of the molecule is CCCN1CCN(C(=O)[C@@H]2CCCN2S(C)(=O)=O)CC1. The van der Waals surface area contributed by atoms with Crippen molar-refractivity contribution in [1.82, 2.24) is 14.1 Å². The van der Waals surface area contributed by atoms with E-state index in [1.807, 2.05) is 4.90 Å². The molecule has 2 rings (SSSR count). The predicted molar refractivity (Wildman–Crippen MR) is 77.9 cm³/mol. The molecule has 7 heteroatoms. The van der Waals surface area contributed by atoms with E-state index in [2.05, 4.69) is 11.8 Å². The molecule has 0 saturated carbocycles. The number of amides is 1. The van der Waals surface area contributed by atoms with Crippen molar-refractivity contribution < 1.29 is 13.2 Å². The lowest BCUT2D eigenvalue weighted by Crippen LogP contribution is -2.54. The summed E-state index contributed by atoms with van der Waals surface area (Å²) < 4.78 is 24.8. The molecule has 0 aromatic carbocycles. The van der Waals surface area contributed by atoms with Crippen LogP contribution in [0.15, 0.2) is 0 Å². The summed E-state index contributed by atoms with van der Waals surface area (Å²) in [4.78, 5) is 16.7. The van der Waals surface area contributed by atoms with Crippen molar-refractivity contribution in [2.24, 2.45) is 0 Å². The Morgan fingerprint density at radius 1 is 1.15 bits per heavy atom. The Bertz CT molecular complexity index is 444. The molecule has 0 aromatic rings. The number of carbonyl (C=O) groups is 1. The van der Waals surface area contributed by atoms with Crippen LogP contribution in [0.1, 0.15) is 26.2 Å². The fraction of sp³-hybridized carbons (Fsp3) is 0.923. The normalized spacial score (nSPS) is 26.1. The standard InChI is InChI=1S/C13H25N3O3S/c1-3-6-14-8-10-15(11-9-14)13(17)12-5-4-7-16(12)20(2,18)19/h12H,3-11H2,1-2H3/t12-/m0/s1. The number of carbonyl (C=O) groups excluding carboxylic acids is 1. The van der Waals surface area contributed by atoms with Crippen molar-refractivity contribution in [2.75, 3.05) is 45.5 Å². The van der Waals surface area contributed by atoms with Crippen molar-refractivity contribution >= 4 is 15.9 Å². The van der Waals surface area contributed by atoms with E-state index in [1.54, 1.807) is 0 Å². The molecule has 2 aliphatic heterocycles. The van der Waals surface area contributed by atoms with E-state index < -0.39 is 16.1 Å². The third-order valence-corrected chi connectivity index (χ3v) is 5.43. The fourth-order valence-corrected chi connectivity index (χ4v) is 4.22. The Kier molecular flexibility index (Phi) is 5.04. The number of hydrogen-bond acceptors (Lipinski definition) is 4. The maximum atomic E-state index is 12.5. The quantitative estimate of drug-likeness (QED) is 0.731. The molecule has 0 aliphatic carbocycles. The van der Waals surface area contributed by atoms with Gasteiger partial charge in [-0.05, 0) is 25.8 Å². The first-order chi connectivity index (χ1) is 9.43. The summed E-state index contributed by atoms with van der Waals surface area (Å²) in [6, 6.07) is -0.470. The zero-order chi connectivity index (χ0) is 14.8. The second kappa shape index (κ2) is 6.41. The summed E-state index contributed by atoms with van der Waals surface area (Å²) in [6.07, 6.45) is 3.75. The van der Waals surface area contributed by atoms with E-state index in [9.17, 15) is 13.2 Å². The maximum Gasteiger partial charge on any atom is 0.241 e. The van der Waals surface area contributed by atoms with Crippen LogP contribution < -0.4 is 0 Å². The Morgan fingerprint density at radius 2 is 1.80 bits per heavy atom. The number of rotatable bonds is 4. The highest BCUT2D eigenvalue weighted by molar-refractivity contribution is 7.88. The Morgan fingerprint density at radius 3 is 2.35 bits per heavy atom. The van der Waals surface area contributed by atoms with Gasteiger partial charge in [-0.25, -0.2) is 8.42 Å². The second-order valence-corrected chi connectivity index (χ2v) is 7.63. The number of hydrogen-bond donors (Lipinski definition) is 0. The van der Waals surface area contributed by atoms with Crippen LogP contribution in [-0.4, -0.2) is 80.0 Å². The largest absolute Gasteiger partial charge is 0.339 e. The molecular weight excluding hydrogens is 278 g/mol. The summed E-state index contributed by atoms with van der Waals surface area (Å²) in [5.41, 5.74) is 0. The van der Waals surface area contributed by atoms with Gasteiger partial charge >= 0.3 is 0 Å².